The first-order chi connectivity index (χ1) is 8.99. The minimum absolute atomic E-state index is 0.0265. The summed E-state index contributed by atoms with van der Waals surface area (Å²) in [6, 6.07) is 3.41. The summed E-state index contributed by atoms with van der Waals surface area (Å²) >= 11 is 0. The Labute approximate surface area is 108 Å². The molecular formula is C13H13F3N2O. The van der Waals surface area contributed by atoms with E-state index in [2.05, 4.69) is 5.10 Å². The smallest absolute Gasteiger partial charge is 0.194 e. The molecule has 1 N–H and O–H groups in total. The second-order valence-electron chi connectivity index (χ2n) is 4.30. The Balaban J connectivity index is 2.08. The first-order valence-corrected chi connectivity index (χ1v) is 5.78. The van der Waals surface area contributed by atoms with Gasteiger partial charge < -0.3 is 5.11 Å². The van der Waals surface area contributed by atoms with Gasteiger partial charge in [0, 0.05) is 18.9 Å². The Kier molecular flexibility index (Phi) is 3.90. The summed E-state index contributed by atoms with van der Waals surface area (Å²) < 4.78 is 40.5. The van der Waals surface area contributed by atoms with Crippen molar-refractivity contribution in [2.75, 3.05) is 0 Å². The van der Waals surface area contributed by atoms with Crippen molar-refractivity contribution in [2.24, 2.45) is 7.05 Å². The van der Waals surface area contributed by atoms with Crippen LogP contribution in [0.25, 0.3) is 0 Å². The van der Waals surface area contributed by atoms with Gasteiger partial charge >= 0.3 is 0 Å². The molecule has 2 rings (SSSR count). The third kappa shape index (κ3) is 2.96. The minimum Gasteiger partial charge on any atom is -0.388 e. The lowest BCUT2D eigenvalue weighted by Crippen LogP contribution is -2.05. The van der Waals surface area contributed by atoms with Gasteiger partial charge in [-0.2, -0.15) is 5.10 Å². The maximum absolute atomic E-state index is 13.0. The van der Waals surface area contributed by atoms with Gasteiger partial charge in [0.05, 0.1) is 6.10 Å². The molecule has 3 nitrogen and oxygen atoms in total. The third-order valence-electron chi connectivity index (χ3n) is 2.99. The van der Waals surface area contributed by atoms with Crippen LogP contribution in [0.1, 0.15) is 23.8 Å². The summed E-state index contributed by atoms with van der Waals surface area (Å²) in [6.07, 6.45) is 1.33. The summed E-state index contributed by atoms with van der Waals surface area (Å²) in [4.78, 5) is 0. The standard InChI is InChI=1S/C13H13F3N2O/c1-18-9(4-5-17-18)2-3-12(19)8-6-10(14)13(16)11(15)7-8/h4-7,12,19H,2-3H2,1H3. The molecule has 2 aromatic rings. The van der Waals surface area contributed by atoms with Gasteiger partial charge in [0.15, 0.2) is 17.5 Å². The van der Waals surface area contributed by atoms with Crippen LogP contribution in [0.15, 0.2) is 24.4 Å². The Bertz CT molecular complexity index is 560. The van der Waals surface area contributed by atoms with Crippen LogP contribution in [-0.4, -0.2) is 14.9 Å². The van der Waals surface area contributed by atoms with Crippen LogP contribution in [-0.2, 0) is 13.5 Å². The number of hydrogen-bond donors (Lipinski definition) is 1. The molecule has 1 aromatic carbocycles. The van der Waals surface area contributed by atoms with Gasteiger partial charge in [-0.3, -0.25) is 4.68 Å². The highest BCUT2D eigenvalue weighted by atomic mass is 19.2. The quantitative estimate of drug-likeness (QED) is 0.867. The van der Waals surface area contributed by atoms with E-state index in [1.807, 2.05) is 0 Å². The second kappa shape index (κ2) is 5.44. The topological polar surface area (TPSA) is 38.0 Å². The van der Waals surface area contributed by atoms with E-state index in [9.17, 15) is 18.3 Å². The van der Waals surface area contributed by atoms with Crippen LogP contribution < -0.4 is 0 Å². The van der Waals surface area contributed by atoms with Crippen molar-refractivity contribution in [2.45, 2.75) is 18.9 Å². The van der Waals surface area contributed by atoms with Crippen molar-refractivity contribution in [3.8, 4) is 0 Å². The van der Waals surface area contributed by atoms with Gasteiger partial charge in [-0.05, 0) is 36.6 Å². The molecule has 0 aliphatic carbocycles. The van der Waals surface area contributed by atoms with E-state index in [4.69, 9.17) is 0 Å². The molecule has 0 fully saturated rings. The number of rotatable bonds is 4. The Morgan fingerprint density at radius 3 is 2.42 bits per heavy atom. The normalized spacial score (nSPS) is 12.7. The number of aliphatic hydroxyl groups is 1. The first kappa shape index (κ1) is 13.6. The van der Waals surface area contributed by atoms with Crippen molar-refractivity contribution in [1.29, 1.82) is 0 Å². The number of nitrogens with zero attached hydrogens (tertiary/aromatic N) is 2. The van der Waals surface area contributed by atoms with E-state index in [1.54, 1.807) is 24.0 Å². The van der Waals surface area contributed by atoms with Crippen molar-refractivity contribution in [3.05, 3.63) is 53.1 Å². The molecule has 0 aliphatic heterocycles. The SMILES string of the molecule is Cn1nccc1CCC(O)c1cc(F)c(F)c(F)c1. The molecule has 19 heavy (non-hydrogen) atoms. The van der Waals surface area contributed by atoms with Crippen molar-refractivity contribution in [1.82, 2.24) is 9.78 Å². The van der Waals surface area contributed by atoms with Gasteiger partial charge in [0.1, 0.15) is 0 Å². The van der Waals surface area contributed by atoms with Crippen LogP contribution in [0, 0.1) is 17.5 Å². The zero-order valence-corrected chi connectivity index (χ0v) is 10.3. The molecule has 0 bridgehead atoms. The van der Waals surface area contributed by atoms with Gasteiger partial charge in [-0.25, -0.2) is 13.2 Å². The van der Waals surface area contributed by atoms with Crippen LogP contribution in [0.5, 0.6) is 0 Å². The number of benzene rings is 1. The van der Waals surface area contributed by atoms with Crippen LogP contribution >= 0.6 is 0 Å². The number of aromatic nitrogens is 2. The predicted molar refractivity (Wildman–Crippen MR) is 62.8 cm³/mol. The molecule has 1 heterocycles. The number of hydrogen-bond acceptors (Lipinski definition) is 2. The molecule has 1 atom stereocenters. The lowest BCUT2D eigenvalue weighted by molar-refractivity contribution is 0.166. The lowest BCUT2D eigenvalue weighted by Gasteiger charge is -2.11. The van der Waals surface area contributed by atoms with Crippen LogP contribution in [0.3, 0.4) is 0 Å². The number of halogens is 3. The summed E-state index contributed by atoms with van der Waals surface area (Å²) in [5, 5.41) is 13.8. The Hall–Kier alpha value is -1.82. The molecule has 0 amide bonds. The van der Waals surface area contributed by atoms with Gasteiger partial charge in [-0.1, -0.05) is 0 Å². The summed E-state index contributed by atoms with van der Waals surface area (Å²) in [7, 11) is 1.76. The Morgan fingerprint density at radius 1 is 1.26 bits per heavy atom. The Morgan fingerprint density at radius 2 is 1.89 bits per heavy atom. The summed E-state index contributed by atoms with van der Waals surface area (Å²) in [6.45, 7) is 0. The highest BCUT2D eigenvalue weighted by molar-refractivity contribution is 5.21. The lowest BCUT2D eigenvalue weighted by atomic mass is 10.0. The zero-order chi connectivity index (χ0) is 14.0. The molecule has 102 valence electrons. The molecule has 0 saturated heterocycles. The summed E-state index contributed by atoms with van der Waals surface area (Å²) in [5.74, 6) is -4.12. The zero-order valence-electron chi connectivity index (χ0n) is 10.3. The molecule has 1 unspecified atom stereocenters. The molecule has 1 aromatic heterocycles. The maximum Gasteiger partial charge on any atom is 0.194 e. The maximum atomic E-state index is 13.0. The fourth-order valence-corrected chi connectivity index (χ4v) is 1.87. The van der Waals surface area contributed by atoms with E-state index >= 15 is 0 Å². The van der Waals surface area contributed by atoms with Crippen LogP contribution in [0.2, 0.25) is 0 Å². The van der Waals surface area contributed by atoms with Crippen molar-refractivity contribution < 1.29 is 18.3 Å². The van der Waals surface area contributed by atoms with E-state index in [0.717, 1.165) is 17.8 Å². The van der Waals surface area contributed by atoms with Gasteiger partial charge in [0.25, 0.3) is 0 Å². The average molecular weight is 270 g/mol. The van der Waals surface area contributed by atoms with Crippen molar-refractivity contribution in [3.63, 3.8) is 0 Å². The number of aliphatic hydroxyl groups excluding tert-OH is 1. The molecular weight excluding hydrogens is 257 g/mol. The summed E-state index contributed by atoms with van der Waals surface area (Å²) in [5.41, 5.74) is 0.917. The largest absolute Gasteiger partial charge is 0.388 e. The van der Waals surface area contributed by atoms with Crippen LogP contribution in [0.4, 0.5) is 13.2 Å². The first-order valence-electron chi connectivity index (χ1n) is 5.78. The average Bonchev–Trinajstić information content (AvgIpc) is 2.78. The monoisotopic (exact) mass is 270 g/mol. The van der Waals surface area contributed by atoms with Crippen molar-refractivity contribution >= 4 is 0 Å². The molecule has 0 spiro atoms. The molecule has 0 saturated carbocycles. The minimum atomic E-state index is -1.53. The van der Waals surface area contributed by atoms with E-state index in [1.165, 1.54) is 0 Å². The van der Waals surface area contributed by atoms with Gasteiger partial charge in [-0.15, -0.1) is 0 Å². The highest BCUT2D eigenvalue weighted by Gasteiger charge is 2.16. The fraction of sp³-hybridized carbons (Fsp3) is 0.308. The molecule has 6 heteroatoms. The molecule has 0 radical (unpaired) electrons. The van der Waals surface area contributed by atoms with E-state index in [-0.39, 0.29) is 12.0 Å². The predicted octanol–water partition coefficient (Wildman–Crippen LogP) is 2.50. The highest BCUT2D eigenvalue weighted by Crippen LogP contribution is 2.22. The van der Waals surface area contributed by atoms with E-state index < -0.39 is 23.6 Å². The number of aryl methyl sites for hydroxylation is 2. The molecule has 0 aliphatic rings. The third-order valence-corrected chi connectivity index (χ3v) is 2.99. The fourth-order valence-electron chi connectivity index (χ4n) is 1.87. The second-order valence-corrected chi connectivity index (χ2v) is 4.30. The van der Waals surface area contributed by atoms with Gasteiger partial charge in [0.2, 0.25) is 0 Å². The van der Waals surface area contributed by atoms with E-state index in [0.29, 0.717) is 6.42 Å².